The van der Waals surface area contributed by atoms with Crippen molar-refractivity contribution in [1.29, 1.82) is 0 Å². The number of fused-ring (bicyclic) bond motifs is 1. The van der Waals surface area contributed by atoms with E-state index in [1.54, 1.807) is 13.0 Å². The van der Waals surface area contributed by atoms with E-state index < -0.39 is 34.9 Å². The molecule has 2 amide bonds. The van der Waals surface area contributed by atoms with Crippen molar-refractivity contribution in [3.8, 4) is 0 Å². The molecule has 2 atom stereocenters. The van der Waals surface area contributed by atoms with Gasteiger partial charge in [0.25, 0.3) is 11.8 Å². The molecule has 2 aliphatic rings. The van der Waals surface area contributed by atoms with E-state index in [1.165, 1.54) is 28.5 Å². The fourth-order valence-corrected chi connectivity index (χ4v) is 6.00. The lowest BCUT2D eigenvalue weighted by Gasteiger charge is -2.49. The van der Waals surface area contributed by atoms with Gasteiger partial charge >= 0.3 is 5.97 Å². The van der Waals surface area contributed by atoms with Gasteiger partial charge in [0, 0.05) is 16.0 Å². The van der Waals surface area contributed by atoms with Crippen molar-refractivity contribution in [1.82, 2.24) is 25.4 Å². The Morgan fingerprint density at radius 2 is 2.18 bits per heavy atom. The molecular weight excluding hydrogens is 510 g/mol. The predicted molar refractivity (Wildman–Crippen MR) is 126 cm³/mol. The Balaban J connectivity index is 1.55. The Labute approximate surface area is 203 Å². The third-order valence-electron chi connectivity index (χ3n) is 4.62. The molecular formula is C17H15N7O5S4. The number of aryl methyl sites for hydroxylation is 1. The fraction of sp³-hybridized carbons (Fsp3) is 0.235. The van der Waals surface area contributed by atoms with E-state index >= 15 is 0 Å². The molecule has 16 heteroatoms. The number of amides is 2. The SMILES string of the molecule is Cc1nnc(C(S)=CC2=C(C(=O)O)N3C(=O)C(NC(=O)C(=NO)c4csc(N)n4)C3SC2)s1. The Morgan fingerprint density at radius 3 is 2.76 bits per heavy atom. The molecule has 2 aliphatic heterocycles. The molecule has 4 heterocycles. The van der Waals surface area contributed by atoms with E-state index in [2.05, 4.69) is 38.3 Å². The maximum Gasteiger partial charge on any atom is 0.352 e. The van der Waals surface area contributed by atoms with Gasteiger partial charge in [-0.3, -0.25) is 14.5 Å². The monoisotopic (exact) mass is 525 g/mol. The van der Waals surface area contributed by atoms with Crippen LogP contribution in [0.5, 0.6) is 0 Å². The van der Waals surface area contributed by atoms with E-state index in [1.807, 2.05) is 0 Å². The van der Waals surface area contributed by atoms with Crippen molar-refractivity contribution >= 4 is 80.6 Å². The highest BCUT2D eigenvalue weighted by Gasteiger charge is 2.54. The average molecular weight is 526 g/mol. The maximum absolute atomic E-state index is 12.8. The van der Waals surface area contributed by atoms with Crippen LogP contribution in [0.1, 0.15) is 15.7 Å². The molecule has 2 unspecified atom stereocenters. The third-order valence-corrected chi connectivity index (χ3v) is 7.96. The Hall–Kier alpha value is -2.95. The topological polar surface area (TPSA) is 184 Å². The van der Waals surface area contributed by atoms with Crippen LogP contribution in [0.15, 0.2) is 27.9 Å². The number of carbonyl (C=O) groups is 3. The van der Waals surface area contributed by atoms with E-state index in [4.69, 9.17) is 5.73 Å². The summed E-state index contributed by atoms with van der Waals surface area (Å²) in [6.45, 7) is 1.79. The first-order valence-electron chi connectivity index (χ1n) is 9.07. The lowest BCUT2D eigenvalue weighted by molar-refractivity contribution is -0.150. The molecule has 1 fully saturated rings. The van der Waals surface area contributed by atoms with Crippen molar-refractivity contribution in [3.05, 3.63) is 38.4 Å². The normalized spacial score (nSPS) is 21.0. The van der Waals surface area contributed by atoms with Gasteiger partial charge in [0.2, 0.25) is 0 Å². The average Bonchev–Trinajstić information content (AvgIpc) is 3.40. The standard InChI is InChI=1S/C17H15N7O5S4/c1-5-21-22-13(33-5)8(30)2-6-3-31-15-10(14(26)24(15)11(6)16(27)28)20-12(25)9(23-29)7-4-32-17(18)19-7/h2,4,10,15,29-30H,3H2,1H3,(H2,18,19)(H,20,25)(H,27,28). The number of carboxylic acid groups (broad SMARTS) is 1. The number of nitrogens with one attached hydrogen (secondary N) is 1. The number of hydrogen-bond acceptors (Lipinski definition) is 13. The van der Waals surface area contributed by atoms with Gasteiger partial charge < -0.3 is 21.4 Å². The van der Waals surface area contributed by atoms with Gasteiger partial charge in [-0.2, -0.15) is 0 Å². The summed E-state index contributed by atoms with van der Waals surface area (Å²) in [5.74, 6) is -2.47. The van der Waals surface area contributed by atoms with Crippen LogP contribution in [-0.4, -0.2) is 71.1 Å². The molecule has 0 aromatic carbocycles. The molecule has 1 saturated heterocycles. The number of rotatable bonds is 6. The summed E-state index contributed by atoms with van der Waals surface area (Å²) >= 11 is 8.04. The summed E-state index contributed by atoms with van der Waals surface area (Å²) in [7, 11) is 0. The summed E-state index contributed by atoms with van der Waals surface area (Å²) in [6, 6.07) is -1.00. The number of oxime groups is 1. The molecule has 2 aromatic rings. The number of nitrogen functional groups attached to an aromatic ring is 1. The maximum atomic E-state index is 12.8. The van der Waals surface area contributed by atoms with Gasteiger partial charge in [-0.25, -0.2) is 9.78 Å². The minimum atomic E-state index is -1.28. The summed E-state index contributed by atoms with van der Waals surface area (Å²) in [5.41, 5.74) is 5.40. The minimum Gasteiger partial charge on any atom is -0.477 e. The second-order valence-corrected chi connectivity index (χ2v) is 10.4. The molecule has 4 rings (SSSR count). The van der Waals surface area contributed by atoms with E-state index in [0.717, 1.165) is 21.2 Å². The van der Waals surface area contributed by atoms with Crippen LogP contribution in [0.2, 0.25) is 0 Å². The van der Waals surface area contributed by atoms with Crippen LogP contribution in [0.4, 0.5) is 5.13 Å². The number of thioether (sulfide) groups is 1. The van der Waals surface area contributed by atoms with Crippen molar-refractivity contribution < 1.29 is 24.7 Å². The van der Waals surface area contributed by atoms with Gasteiger partial charge in [-0.1, -0.05) is 16.5 Å². The third kappa shape index (κ3) is 4.33. The second kappa shape index (κ2) is 9.12. The van der Waals surface area contributed by atoms with E-state index in [0.29, 0.717) is 15.5 Å². The van der Waals surface area contributed by atoms with E-state index in [-0.39, 0.29) is 22.3 Å². The molecule has 0 bridgehead atoms. The number of hydrogen-bond donors (Lipinski definition) is 5. The number of thiazole rings is 1. The molecule has 0 spiro atoms. The zero-order valence-electron chi connectivity index (χ0n) is 16.6. The summed E-state index contributed by atoms with van der Waals surface area (Å²) in [6.07, 6.45) is 1.55. The Morgan fingerprint density at radius 1 is 1.42 bits per heavy atom. The molecule has 33 heavy (non-hydrogen) atoms. The van der Waals surface area contributed by atoms with Crippen molar-refractivity contribution in [3.63, 3.8) is 0 Å². The van der Waals surface area contributed by atoms with Crippen LogP contribution in [0.25, 0.3) is 4.91 Å². The number of carbonyl (C=O) groups excluding carboxylic acids is 2. The Bertz CT molecular complexity index is 1250. The van der Waals surface area contributed by atoms with Crippen molar-refractivity contribution in [2.24, 2.45) is 5.16 Å². The smallest absolute Gasteiger partial charge is 0.352 e. The summed E-state index contributed by atoms with van der Waals surface area (Å²) < 4.78 is 0. The highest BCUT2D eigenvalue weighted by Crippen LogP contribution is 2.41. The highest BCUT2D eigenvalue weighted by atomic mass is 32.2. The quantitative estimate of drug-likeness (QED) is 0.119. The first-order valence-corrected chi connectivity index (χ1v) is 12.3. The number of allylic oxidation sites excluding steroid dienone is 1. The molecule has 0 radical (unpaired) electrons. The largest absolute Gasteiger partial charge is 0.477 e. The Kier molecular flexibility index (Phi) is 6.42. The van der Waals surface area contributed by atoms with Gasteiger partial charge in [0.05, 0.1) is 0 Å². The summed E-state index contributed by atoms with van der Waals surface area (Å²) in [5, 5.41) is 34.6. The number of nitrogens with two attached hydrogens (primary N) is 1. The van der Waals surface area contributed by atoms with Crippen LogP contribution in [0.3, 0.4) is 0 Å². The van der Waals surface area contributed by atoms with Gasteiger partial charge in [0.1, 0.15) is 27.8 Å². The number of thiol groups is 1. The zero-order valence-corrected chi connectivity index (χ0v) is 20.0. The molecule has 172 valence electrons. The minimum absolute atomic E-state index is 0.0594. The molecule has 0 saturated carbocycles. The number of aliphatic carboxylic acids is 1. The van der Waals surface area contributed by atoms with Crippen LogP contribution in [0, 0.1) is 6.92 Å². The highest BCUT2D eigenvalue weighted by molar-refractivity contribution is 8.00. The summed E-state index contributed by atoms with van der Waals surface area (Å²) in [4.78, 5) is 42.8. The lowest BCUT2D eigenvalue weighted by atomic mass is 10.0. The number of β-lactam (4-membered cyclic amide) rings is 1. The van der Waals surface area contributed by atoms with Gasteiger partial charge in [-0.15, -0.1) is 45.9 Å². The predicted octanol–water partition coefficient (Wildman–Crippen LogP) is 0.773. The van der Waals surface area contributed by atoms with E-state index in [9.17, 15) is 24.7 Å². The number of anilines is 1. The first kappa shape index (κ1) is 23.2. The number of aromatic nitrogens is 3. The van der Waals surface area contributed by atoms with Crippen molar-refractivity contribution in [2.75, 3.05) is 11.5 Å². The molecule has 5 N–H and O–H groups in total. The van der Waals surface area contributed by atoms with Gasteiger partial charge in [-0.05, 0) is 18.6 Å². The second-order valence-electron chi connectivity index (χ2n) is 6.72. The number of nitrogens with zero attached hydrogens (tertiary/aromatic N) is 5. The lowest BCUT2D eigenvalue weighted by Crippen LogP contribution is -2.71. The van der Waals surface area contributed by atoms with Crippen LogP contribution in [-0.2, 0) is 14.4 Å². The van der Waals surface area contributed by atoms with Crippen LogP contribution >= 0.6 is 47.1 Å². The fourth-order valence-electron chi connectivity index (χ4n) is 3.20. The molecule has 12 nitrogen and oxygen atoms in total. The number of carboxylic acids is 1. The van der Waals surface area contributed by atoms with Crippen molar-refractivity contribution in [2.45, 2.75) is 18.3 Å². The molecule has 0 aliphatic carbocycles. The molecule has 2 aromatic heterocycles. The van der Waals surface area contributed by atoms with Crippen LogP contribution < -0.4 is 11.1 Å². The van der Waals surface area contributed by atoms with Gasteiger partial charge in [0.15, 0.2) is 15.9 Å². The zero-order chi connectivity index (χ0) is 23.9. The first-order chi connectivity index (χ1) is 15.7.